The van der Waals surface area contributed by atoms with E-state index >= 15 is 0 Å². The molecule has 5 nitrogen and oxygen atoms in total. The Balaban J connectivity index is 2.78. The van der Waals surface area contributed by atoms with Crippen molar-refractivity contribution in [3.8, 4) is 0 Å². The lowest BCUT2D eigenvalue weighted by atomic mass is 10.3. The van der Waals surface area contributed by atoms with Crippen molar-refractivity contribution in [2.24, 2.45) is 0 Å². The van der Waals surface area contributed by atoms with Crippen LogP contribution in [0.15, 0.2) is 16.3 Å². The van der Waals surface area contributed by atoms with Crippen molar-refractivity contribution in [2.75, 3.05) is 20.8 Å². The number of hydrogen-bond acceptors (Lipinski definition) is 5. The highest BCUT2D eigenvalue weighted by Gasteiger charge is 2.20. The zero-order chi connectivity index (χ0) is 13.6. The number of sulfonamides is 1. The molecule has 1 aromatic rings. The Hall–Kier alpha value is -0.470. The summed E-state index contributed by atoms with van der Waals surface area (Å²) in [5.74, 6) is 0. The summed E-state index contributed by atoms with van der Waals surface area (Å²) >= 11 is 1.44. The van der Waals surface area contributed by atoms with Crippen molar-refractivity contribution < 1.29 is 13.2 Å². The molecule has 0 saturated carbocycles. The van der Waals surface area contributed by atoms with Gasteiger partial charge in [-0.05, 0) is 19.5 Å². The molecular weight excluding hydrogens is 272 g/mol. The quantitative estimate of drug-likeness (QED) is 0.755. The molecule has 0 spiro atoms. The van der Waals surface area contributed by atoms with E-state index in [9.17, 15) is 8.42 Å². The largest absolute Gasteiger partial charge is 0.383 e. The van der Waals surface area contributed by atoms with Gasteiger partial charge in [0, 0.05) is 30.0 Å². The van der Waals surface area contributed by atoms with Crippen LogP contribution in [0.25, 0.3) is 0 Å². The number of nitrogens with one attached hydrogen (secondary N) is 2. The van der Waals surface area contributed by atoms with E-state index in [1.165, 1.54) is 11.3 Å². The lowest BCUT2D eigenvalue weighted by Gasteiger charge is -2.15. The van der Waals surface area contributed by atoms with Gasteiger partial charge in [-0.3, -0.25) is 0 Å². The minimum absolute atomic E-state index is 0.187. The Labute approximate surface area is 113 Å². The number of hydrogen-bond donors (Lipinski definition) is 2. The third kappa shape index (κ3) is 4.33. The van der Waals surface area contributed by atoms with Crippen LogP contribution in [-0.2, 0) is 21.3 Å². The van der Waals surface area contributed by atoms with Gasteiger partial charge in [0.05, 0.1) is 11.5 Å². The van der Waals surface area contributed by atoms with Crippen LogP contribution >= 0.6 is 11.3 Å². The van der Waals surface area contributed by atoms with E-state index < -0.39 is 10.0 Å². The van der Waals surface area contributed by atoms with Gasteiger partial charge in [0.25, 0.3) is 0 Å². The predicted molar refractivity (Wildman–Crippen MR) is 73.4 cm³/mol. The van der Waals surface area contributed by atoms with Gasteiger partial charge in [-0.2, -0.15) is 0 Å². The first-order valence-electron chi connectivity index (χ1n) is 5.76. The molecule has 0 aliphatic rings. The van der Waals surface area contributed by atoms with E-state index in [-0.39, 0.29) is 6.04 Å². The number of rotatable bonds is 8. The molecule has 1 unspecified atom stereocenters. The molecule has 18 heavy (non-hydrogen) atoms. The van der Waals surface area contributed by atoms with E-state index in [2.05, 4.69) is 10.0 Å². The average Bonchev–Trinajstić information content (AvgIpc) is 2.78. The Kier molecular flexibility index (Phi) is 6.24. The summed E-state index contributed by atoms with van der Waals surface area (Å²) in [5, 5.41) is 4.66. The van der Waals surface area contributed by atoms with E-state index in [4.69, 9.17) is 4.74 Å². The molecule has 0 bridgehead atoms. The summed E-state index contributed by atoms with van der Waals surface area (Å²) in [6, 6.07) is 1.51. The molecule has 7 heteroatoms. The van der Waals surface area contributed by atoms with Crippen molar-refractivity contribution >= 4 is 21.4 Å². The van der Waals surface area contributed by atoms with Crippen LogP contribution in [0.3, 0.4) is 0 Å². The molecule has 0 aliphatic carbocycles. The number of ether oxygens (including phenoxy) is 1. The maximum Gasteiger partial charge on any atom is 0.241 e. The zero-order valence-electron chi connectivity index (χ0n) is 10.9. The average molecular weight is 292 g/mol. The second-order valence-electron chi connectivity index (χ2n) is 3.96. The van der Waals surface area contributed by atoms with Crippen molar-refractivity contribution in [3.05, 3.63) is 16.3 Å². The summed E-state index contributed by atoms with van der Waals surface area (Å²) in [7, 11) is -0.0454. The van der Waals surface area contributed by atoms with Gasteiger partial charge >= 0.3 is 0 Å². The van der Waals surface area contributed by atoms with Gasteiger partial charge in [-0.15, -0.1) is 11.3 Å². The molecule has 0 amide bonds. The van der Waals surface area contributed by atoms with Crippen molar-refractivity contribution in [3.63, 3.8) is 0 Å². The molecule has 0 radical (unpaired) electrons. The Bertz CT molecular complexity index is 457. The molecule has 1 aromatic heterocycles. The van der Waals surface area contributed by atoms with Gasteiger partial charge in [0.2, 0.25) is 10.0 Å². The topological polar surface area (TPSA) is 67.4 Å². The molecular formula is C11H20N2O3S2. The van der Waals surface area contributed by atoms with Crippen LogP contribution in [0.2, 0.25) is 0 Å². The van der Waals surface area contributed by atoms with Gasteiger partial charge in [0.15, 0.2) is 0 Å². The number of methoxy groups -OCH3 is 1. The molecule has 1 atom stereocenters. The molecule has 1 rings (SSSR count). The van der Waals surface area contributed by atoms with Crippen molar-refractivity contribution in [1.82, 2.24) is 10.0 Å². The highest BCUT2D eigenvalue weighted by molar-refractivity contribution is 7.89. The maximum absolute atomic E-state index is 12.1. The first-order valence-corrected chi connectivity index (χ1v) is 8.13. The van der Waals surface area contributed by atoms with Gasteiger partial charge in [-0.1, -0.05) is 6.92 Å². The lowest BCUT2D eigenvalue weighted by molar-refractivity contribution is 0.173. The number of thiophene rings is 1. The van der Waals surface area contributed by atoms with E-state index in [0.29, 0.717) is 24.5 Å². The molecule has 0 aromatic carbocycles. The van der Waals surface area contributed by atoms with E-state index in [1.807, 2.05) is 14.0 Å². The van der Waals surface area contributed by atoms with E-state index in [0.717, 1.165) is 4.88 Å². The van der Waals surface area contributed by atoms with Crippen LogP contribution in [0.5, 0.6) is 0 Å². The maximum atomic E-state index is 12.1. The molecule has 0 aliphatic heterocycles. The van der Waals surface area contributed by atoms with Gasteiger partial charge in [0.1, 0.15) is 0 Å². The standard InChI is InChI=1S/C11H20N2O3S2/c1-4-9(7-16-3)13-18(14,15)11-5-10(6-12-2)17-8-11/h5,8-9,12-13H,4,6-7H2,1-3H3. The fourth-order valence-electron chi connectivity index (χ4n) is 1.49. The third-order valence-corrected chi connectivity index (χ3v) is 5.06. The summed E-state index contributed by atoms with van der Waals surface area (Å²) in [6.07, 6.45) is 0.695. The minimum atomic E-state index is -3.44. The Morgan fingerprint density at radius 1 is 1.50 bits per heavy atom. The summed E-state index contributed by atoms with van der Waals surface area (Å²) in [6.45, 7) is 2.98. The summed E-state index contributed by atoms with van der Waals surface area (Å²) in [4.78, 5) is 1.32. The van der Waals surface area contributed by atoms with Gasteiger partial charge in [-0.25, -0.2) is 13.1 Å². The monoisotopic (exact) mass is 292 g/mol. The molecule has 104 valence electrons. The van der Waals surface area contributed by atoms with Crippen molar-refractivity contribution in [2.45, 2.75) is 30.8 Å². The molecule has 2 N–H and O–H groups in total. The minimum Gasteiger partial charge on any atom is -0.383 e. The SMILES string of the molecule is CCC(COC)NS(=O)(=O)c1csc(CNC)c1. The summed E-state index contributed by atoms with van der Waals surface area (Å²) < 4.78 is 31.9. The predicted octanol–water partition coefficient (Wildman–Crippen LogP) is 1.17. The fourth-order valence-corrected chi connectivity index (χ4v) is 4.08. The second-order valence-corrected chi connectivity index (χ2v) is 6.67. The van der Waals surface area contributed by atoms with Crippen LogP contribution in [-0.4, -0.2) is 35.2 Å². The van der Waals surface area contributed by atoms with Crippen molar-refractivity contribution in [1.29, 1.82) is 0 Å². The molecule has 0 saturated heterocycles. The zero-order valence-corrected chi connectivity index (χ0v) is 12.5. The third-order valence-electron chi connectivity index (χ3n) is 2.47. The Morgan fingerprint density at radius 2 is 2.22 bits per heavy atom. The second kappa shape index (κ2) is 7.20. The fraction of sp³-hybridized carbons (Fsp3) is 0.636. The van der Waals surface area contributed by atoms with Crippen LogP contribution in [0, 0.1) is 0 Å². The highest BCUT2D eigenvalue weighted by Crippen LogP contribution is 2.19. The Morgan fingerprint density at radius 3 is 2.78 bits per heavy atom. The highest BCUT2D eigenvalue weighted by atomic mass is 32.2. The normalized spacial score (nSPS) is 13.7. The first kappa shape index (κ1) is 15.6. The van der Waals surface area contributed by atoms with E-state index in [1.54, 1.807) is 18.6 Å². The smallest absolute Gasteiger partial charge is 0.241 e. The van der Waals surface area contributed by atoms with Crippen LogP contribution in [0.1, 0.15) is 18.2 Å². The lowest BCUT2D eigenvalue weighted by Crippen LogP contribution is -2.37. The summed E-state index contributed by atoms with van der Waals surface area (Å²) in [5.41, 5.74) is 0. The molecule has 0 fully saturated rings. The van der Waals surface area contributed by atoms with Crippen LogP contribution < -0.4 is 10.0 Å². The first-order chi connectivity index (χ1) is 8.53. The van der Waals surface area contributed by atoms with Gasteiger partial charge < -0.3 is 10.1 Å². The molecule has 1 heterocycles. The van der Waals surface area contributed by atoms with Crippen LogP contribution in [0.4, 0.5) is 0 Å².